The number of rotatable bonds is 7. The lowest BCUT2D eigenvalue weighted by molar-refractivity contribution is 0.979. The number of pyridine rings is 1. The lowest BCUT2D eigenvalue weighted by atomic mass is 9.95. The highest BCUT2D eigenvalue weighted by atomic mass is 15.2. The van der Waals surface area contributed by atoms with Crippen LogP contribution in [-0.4, -0.2) is 24.6 Å². The van der Waals surface area contributed by atoms with Crippen molar-refractivity contribution >= 4 is 16.3 Å². The summed E-state index contributed by atoms with van der Waals surface area (Å²) in [4.78, 5) is 15.5. The van der Waals surface area contributed by atoms with Gasteiger partial charge in [0.25, 0.3) is 0 Å². The van der Waals surface area contributed by atoms with E-state index in [0.717, 1.165) is 77.7 Å². The van der Waals surface area contributed by atoms with Crippen molar-refractivity contribution in [3.05, 3.63) is 200 Å². The van der Waals surface area contributed by atoms with Gasteiger partial charge in [0, 0.05) is 38.8 Å². The Morgan fingerprint density at radius 2 is 0.818 bits per heavy atom. The molecule has 0 amide bonds. The zero-order valence-corrected chi connectivity index (χ0v) is 29.8. The Morgan fingerprint density at radius 1 is 0.327 bits per heavy atom. The number of hydrogen-bond donors (Lipinski definition) is 0. The first-order valence-corrected chi connectivity index (χ1v) is 18.4. The highest BCUT2D eigenvalue weighted by Gasteiger charge is 2.23. The smallest absolute Gasteiger partial charge is 0.164 e. The van der Waals surface area contributed by atoms with Crippen molar-refractivity contribution in [3.8, 4) is 78.9 Å². The van der Waals surface area contributed by atoms with Gasteiger partial charge in [-0.05, 0) is 34.2 Å². The second-order valence-electron chi connectivity index (χ2n) is 13.5. The highest BCUT2D eigenvalue weighted by Crippen LogP contribution is 2.43. The van der Waals surface area contributed by atoms with E-state index in [1.807, 2.05) is 48.5 Å². The average molecular weight is 704 g/mol. The lowest BCUT2D eigenvalue weighted by Crippen LogP contribution is -2.01. The van der Waals surface area contributed by atoms with Crippen molar-refractivity contribution in [2.75, 3.05) is 0 Å². The van der Waals surface area contributed by atoms with Gasteiger partial charge in [0.1, 0.15) is 5.69 Å². The van der Waals surface area contributed by atoms with E-state index in [1.165, 1.54) is 0 Å². The maximum absolute atomic E-state index is 5.40. The SMILES string of the molecule is c1ccc(-c2cccc(-c3nc(-c4ccccc4)nc(-c4cccc5c4cc(-c4ccccc4)n4nc(-c6ccccc6)c(-c6ccccc6)c54)n3)c2)cc1. The van der Waals surface area contributed by atoms with Crippen LogP contribution in [0.1, 0.15) is 0 Å². The van der Waals surface area contributed by atoms with Gasteiger partial charge in [0.2, 0.25) is 0 Å². The van der Waals surface area contributed by atoms with Crippen molar-refractivity contribution in [2.45, 2.75) is 0 Å². The predicted molar refractivity (Wildman–Crippen MR) is 224 cm³/mol. The number of benzene rings is 7. The quantitative estimate of drug-likeness (QED) is 0.166. The van der Waals surface area contributed by atoms with Crippen LogP contribution in [0, 0.1) is 0 Å². The molecule has 0 N–H and O–H groups in total. The summed E-state index contributed by atoms with van der Waals surface area (Å²) < 4.78 is 2.12. The van der Waals surface area contributed by atoms with Gasteiger partial charge in [0.15, 0.2) is 17.5 Å². The summed E-state index contributed by atoms with van der Waals surface area (Å²) in [6, 6.07) is 69.1. The van der Waals surface area contributed by atoms with Crippen LogP contribution in [0.15, 0.2) is 200 Å². The van der Waals surface area contributed by atoms with Crippen LogP contribution in [0.25, 0.3) is 95.2 Å². The molecule has 0 spiro atoms. The minimum Gasteiger partial charge on any atom is -0.231 e. The van der Waals surface area contributed by atoms with Crippen molar-refractivity contribution in [3.63, 3.8) is 0 Å². The standard InChI is InChI=1S/C50H33N5/c1-6-18-34(19-7-1)39-28-16-29-40(32-39)49-51-48(38-26-14-5-15-27-38)52-50(53-49)42-31-17-30-41-43(42)33-44(35-20-8-2-9-21-35)55-47(41)45(36-22-10-3-11-23-36)46(54-55)37-24-12-4-13-25-37/h1-33H. The first-order valence-electron chi connectivity index (χ1n) is 18.4. The molecule has 0 unspecified atom stereocenters. The molecule has 55 heavy (non-hydrogen) atoms. The fourth-order valence-electron chi connectivity index (χ4n) is 7.46. The van der Waals surface area contributed by atoms with E-state index in [-0.39, 0.29) is 0 Å². The third-order valence-electron chi connectivity index (χ3n) is 10.1. The molecule has 0 atom stereocenters. The summed E-state index contributed by atoms with van der Waals surface area (Å²) in [5.41, 5.74) is 12.2. The van der Waals surface area contributed by atoms with Gasteiger partial charge in [-0.25, -0.2) is 19.5 Å². The van der Waals surface area contributed by atoms with Gasteiger partial charge in [-0.15, -0.1) is 0 Å². The fourth-order valence-corrected chi connectivity index (χ4v) is 7.46. The molecule has 5 heteroatoms. The minimum atomic E-state index is 0.604. The number of aromatic nitrogens is 5. The summed E-state index contributed by atoms with van der Waals surface area (Å²) in [7, 11) is 0. The third kappa shape index (κ3) is 5.94. The largest absolute Gasteiger partial charge is 0.231 e. The molecule has 0 radical (unpaired) electrons. The Labute approximate surface area is 318 Å². The molecule has 0 saturated heterocycles. The molecule has 0 fully saturated rings. The molecule has 0 bridgehead atoms. The Kier molecular flexibility index (Phi) is 8.08. The number of hydrogen-bond acceptors (Lipinski definition) is 4. The van der Waals surface area contributed by atoms with Crippen LogP contribution >= 0.6 is 0 Å². The Morgan fingerprint density at radius 3 is 1.47 bits per heavy atom. The van der Waals surface area contributed by atoms with E-state index in [0.29, 0.717) is 17.5 Å². The van der Waals surface area contributed by atoms with Crippen LogP contribution in [0.5, 0.6) is 0 Å². The zero-order valence-electron chi connectivity index (χ0n) is 29.8. The maximum Gasteiger partial charge on any atom is 0.164 e. The molecule has 0 aliphatic rings. The summed E-state index contributed by atoms with van der Waals surface area (Å²) in [6.07, 6.45) is 0. The maximum atomic E-state index is 5.40. The molecule has 5 nitrogen and oxygen atoms in total. The van der Waals surface area contributed by atoms with Crippen molar-refractivity contribution < 1.29 is 0 Å². The van der Waals surface area contributed by atoms with E-state index in [9.17, 15) is 0 Å². The predicted octanol–water partition coefficient (Wildman–Crippen LogP) is 12.3. The lowest BCUT2D eigenvalue weighted by Gasteiger charge is -2.14. The number of nitrogens with zero attached hydrogens (tertiary/aromatic N) is 5. The van der Waals surface area contributed by atoms with Gasteiger partial charge in [-0.1, -0.05) is 188 Å². The van der Waals surface area contributed by atoms with Gasteiger partial charge < -0.3 is 0 Å². The third-order valence-corrected chi connectivity index (χ3v) is 10.1. The molecule has 0 saturated carbocycles. The monoisotopic (exact) mass is 703 g/mol. The summed E-state index contributed by atoms with van der Waals surface area (Å²) in [5, 5.41) is 7.49. The van der Waals surface area contributed by atoms with E-state index in [1.54, 1.807) is 0 Å². The van der Waals surface area contributed by atoms with E-state index >= 15 is 0 Å². The van der Waals surface area contributed by atoms with Gasteiger partial charge in [0.05, 0.1) is 11.2 Å². The fraction of sp³-hybridized carbons (Fsp3) is 0. The van der Waals surface area contributed by atoms with E-state index in [4.69, 9.17) is 20.1 Å². The Bertz CT molecular complexity index is 2940. The minimum absolute atomic E-state index is 0.604. The van der Waals surface area contributed by atoms with Gasteiger partial charge >= 0.3 is 0 Å². The van der Waals surface area contributed by atoms with Crippen LogP contribution in [0.4, 0.5) is 0 Å². The molecule has 3 aromatic heterocycles. The zero-order chi connectivity index (χ0) is 36.6. The van der Waals surface area contributed by atoms with E-state index in [2.05, 4.69) is 156 Å². The van der Waals surface area contributed by atoms with Crippen LogP contribution in [-0.2, 0) is 0 Å². The Balaban J connectivity index is 1.28. The Hall–Kier alpha value is -7.50. The van der Waals surface area contributed by atoms with Crippen LogP contribution in [0.3, 0.4) is 0 Å². The molecule has 7 aromatic carbocycles. The van der Waals surface area contributed by atoms with Gasteiger partial charge in [-0.3, -0.25) is 0 Å². The first kappa shape index (κ1) is 32.2. The molecular weight excluding hydrogens is 671 g/mol. The second kappa shape index (κ2) is 13.8. The molecule has 3 heterocycles. The normalized spacial score (nSPS) is 11.3. The second-order valence-corrected chi connectivity index (χ2v) is 13.5. The number of fused-ring (bicyclic) bond motifs is 3. The first-order chi connectivity index (χ1) is 27.3. The summed E-state index contributed by atoms with van der Waals surface area (Å²) in [5.74, 6) is 1.84. The van der Waals surface area contributed by atoms with Crippen LogP contribution < -0.4 is 0 Å². The molecule has 10 aromatic rings. The molecule has 10 rings (SSSR count). The highest BCUT2D eigenvalue weighted by molar-refractivity contribution is 6.12. The van der Waals surface area contributed by atoms with Crippen molar-refractivity contribution in [1.82, 2.24) is 24.6 Å². The molecule has 0 aliphatic heterocycles. The topological polar surface area (TPSA) is 56.0 Å². The average Bonchev–Trinajstić information content (AvgIpc) is 3.69. The molecule has 258 valence electrons. The van der Waals surface area contributed by atoms with Crippen molar-refractivity contribution in [2.24, 2.45) is 0 Å². The van der Waals surface area contributed by atoms with Crippen LogP contribution in [0.2, 0.25) is 0 Å². The summed E-state index contributed by atoms with van der Waals surface area (Å²) >= 11 is 0. The van der Waals surface area contributed by atoms with Crippen molar-refractivity contribution in [1.29, 1.82) is 0 Å². The molecule has 0 aliphatic carbocycles. The van der Waals surface area contributed by atoms with E-state index < -0.39 is 0 Å². The molecular formula is C50H33N5. The van der Waals surface area contributed by atoms with Gasteiger partial charge in [-0.2, -0.15) is 5.10 Å². The summed E-state index contributed by atoms with van der Waals surface area (Å²) in [6.45, 7) is 0.